The van der Waals surface area contributed by atoms with Crippen LogP contribution in [0.25, 0.3) is 11.1 Å². The van der Waals surface area contributed by atoms with E-state index in [1.165, 1.54) is 10.9 Å². The minimum atomic E-state index is -0.262. The van der Waals surface area contributed by atoms with Crippen LogP contribution in [-0.2, 0) is 6.42 Å². The van der Waals surface area contributed by atoms with Gasteiger partial charge < -0.3 is 9.47 Å². The third-order valence-corrected chi connectivity index (χ3v) is 5.24. The summed E-state index contributed by atoms with van der Waals surface area (Å²) >= 11 is 11.6. The molecule has 0 amide bonds. The Labute approximate surface area is 163 Å². The maximum atomic E-state index is 5.81. The number of methoxy groups -OCH3 is 2. The molecule has 25 heavy (non-hydrogen) atoms. The largest absolute Gasteiger partial charge is 0.496 e. The fourth-order valence-corrected chi connectivity index (χ4v) is 3.73. The molecular formula is C20H25Cl2O2P. The van der Waals surface area contributed by atoms with Crippen molar-refractivity contribution in [2.75, 3.05) is 14.2 Å². The standard InChI is InChI=1S/C20H25Cl2O2P/c1-23-16-10-7-11-17(24-2)20(16)15-9-6-12-18(25)14(15)8-4-3-5-13-19(21)22/h6-7,9-12,19H,3-5,8,13,25H2,1-2H3. The lowest BCUT2D eigenvalue weighted by Crippen LogP contribution is -2.06. The minimum absolute atomic E-state index is 0.262. The van der Waals surface area contributed by atoms with Gasteiger partial charge in [-0.3, -0.25) is 0 Å². The fourth-order valence-electron chi connectivity index (χ4n) is 3.01. The molecule has 2 aromatic carbocycles. The van der Waals surface area contributed by atoms with E-state index in [1.807, 2.05) is 18.2 Å². The summed E-state index contributed by atoms with van der Waals surface area (Å²) < 4.78 is 11.2. The molecule has 0 fully saturated rings. The Morgan fingerprint density at radius 1 is 0.920 bits per heavy atom. The summed E-state index contributed by atoms with van der Waals surface area (Å²) in [5.41, 5.74) is 3.48. The predicted octanol–water partition coefficient (Wildman–Crippen LogP) is 5.78. The van der Waals surface area contributed by atoms with Crippen molar-refractivity contribution in [3.8, 4) is 22.6 Å². The highest BCUT2D eigenvalue weighted by Crippen LogP contribution is 2.40. The van der Waals surface area contributed by atoms with Crippen LogP contribution in [0.5, 0.6) is 11.5 Å². The Bertz CT molecular complexity index is 667. The van der Waals surface area contributed by atoms with E-state index in [9.17, 15) is 0 Å². The smallest absolute Gasteiger partial charge is 0.130 e. The summed E-state index contributed by atoms with van der Waals surface area (Å²) in [5.74, 6) is 1.65. The summed E-state index contributed by atoms with van der Waals surface area (Å²) in [5, 5.41) is 1.21. The highest BCUT2D eigenvalue weighted by molar-refractivity contribution is 7.27. The van der Waals surface area contributed by atoms with Crippen LogP contribution in [0, 0.1) is 0 Å². The number of benzene rings is 2. The summed E-state index contributed by atoms with van der Waals surface area (Å²) in [7, 11) is 6.23. The van der Waals surface area contributed by atoms with Gasteiger partial charge >= 0.3 is 0 Å². The summed E-state index contributed by atoms with van der Waals surface area (Å²) in [6.07, 6.45) is 5.09. The van der Waals surface area contributed by atoms with E-state index in [2.05, 4.69) is 27.4 Å². The number of hydrogen-bond acceptors (Lipinski definition) is 2. The van der Waals surface area contributed by atoms with Gasteiger partial charge in [-0.15, -0.1) is 32.4 Å². The average Bonchev–Trinajstić information content (AvgIpc) is 2.61. The quantitative estimate of drug-likeness (QED) is 0.302. The number of unbranched alkanes of at least 4 members (excludes halogenated alkanes) is 2. The molecule has 1 atom stereocenters. The van der Waals surface area contributed by atoms with Gasteiger partial charge in [0.2, 0.25) is 0 Å². The minimum Gasteiger partial charge on any atom is -0.496 e. The number of halogens is 2. The van der Waals surface area contributed by atoms with Crippen LogP contribution in [0.2, 0.25) is 0 Å². The average molecular weight is 399 g/mol. The lowest BCUT2D eigenvalue weighted by atomic mass is 9.94. The Morgan fingerprint density at radius 2 is 1.56 bits per heavy atom. The Balaban J connectivity index is 2.29. The summed E-state index contributed by atoms with van der Waals surface area (Å²) in [6.45, 7) is 0. The molecule has 0 saturated heterocycles. The maximum Gasteiger partial charge on any atom is 0.130 e. The third kappa shape index (κ3) is 5.51. The molecule has 0 N–H and O–H groups in total. The van der Waals surface area contributed by atoms with E-state index in [0.717, 1.165) is 54.7 Å². The molecule has 0 spiro atoms. The van der Waals surface area contributed by atoms with Crippen molar-refractivity contribution in [1.29, 1.82) is 0 Å². The van der Waals surface area contributed by atoms with Gasteiger partial charge in [0.25, 0.3) is 0 Å². The van der Waals surface area contributed by atoms with Crippen LogP contribution in [0.15, 0.2) is 36.4 Å². The topological polar surface area (TPSA) is 18.5 Å². The van der Waals surface area contributed by atoms with E-state index in [0.29, 0.717) is 0 Å². The molecular weight excluding hydrogens is 374 g/mol. The number of alkyl halides is 2. The van der Waals surface area contributed by atoms with Crippen molar-refractivity contribution in [2.24, 2.45) is 0 Å². The molecule has 0 bridgehead atoms. The van der Waals surface area contributed by atoms with Crippen molar-refractivity contribution >= 4 is 37.7 Å². The van der Waals surface area contributed by atoms with Gasteiger partial charge in [0, 0.05) is 0 Å². The first-order valence-corrected chi connectivity index (χ1v) is 9.90. The molecule has 2 aromatic rings. The van der Waals surface area contributed by atoms with Crippen LogP contribution >= 0.6 is 32.4 Å². The normalized spacial score (nSPS) is 11.0. The first-order chi connectivity index (χ1) is 12.1. The van der Waals surface area contributed by atoms with Crippen molar-refractivity contribution < 1.29 is 9.47 Å². The van der Waals surface area contributed by atoms with Crippen molar-refractivity contribution in [2.45, 2.75) is 36.9 Å². The summed E-state index contributed by atoms with van der Waals surface area (Å²) in [6, 6.07) is 12.2. The van der Waals surface area contributed by atoms with Gasteiger partial charge in [-0.1, -0.05) is 37.1 Å². The zero-order chi connectivity index (χ0) is 18.2. The lowest BCUT2D eigenvalue weighted by molar-refractivity contribution is 0.397. The lowest BCUT2D eigenvalue weighted by Gasteiger charge is -2.18. The molecule has 136 valence electrons. The van der Waals surface area contributed by atoms with Crippen LogP contribution in [0.1, 0.15) is 31.2 Å². The molecule has 0 heterocycles. The van der Waals surface area contributed by atoms with Crippen LogP contribution in [0.4, 0.5) is 0 Å². The molecule has 2 nitrogen and oxygen atoms in total. The van der Waals surface area contributed by atoms with E-state index < -0.39 is 0 Å². The van der Waals surface area contributed by atoms with E-state index >= 15 is 0 Å². The van der Waals surface area contributed by atoms with Crippen LogP contribution in [0.3, 0.4) is 0 Å². The highest BCUT2D eigenvalue weighted by atomic mass is 35.5. The monoisotopic (exact) mass is 398 g/mol. The number of rotatable bonds is 9. The van der Waals surface area contributed by atoms with Gasteiger partial charge in [0.1, 0.15) is 16.3 Å². The molecule has 1 unspecified atom stereocenters. The zero-order valence-electron chi connectivity index (χ0n) is 14.7. The Hall–Kier alpha value is -0.950. The fraction of sp³-hybridized carbons (Fsp3) is 0.400. The molecule has 0 aliphatic rings. The van der Waals surface area contributed by atoms with Gasteiger partial charge in [-0.25, -0.2) is 0 Å². The molecule has 0 aliphatic heterocycles. The van der Waals surface area contributed by atoms with Gasteiger partial charge in [0.15, 0.2) is 0 Å². The molecule has 5 heteroatoms. The third-order valence-electron chi connectivity index (χ3n) is 4.26. The van der Waals surface area contributed by atoms with E-state index in [1.54, 1.807) is 14.2 Å². The Kier molecular flexibility index (Phi) is 8.36. The van der Waals surface area contributed by atoms with Gasteiger partial charge in [0.05, 0.1) is 19.8 Å². The Morgan fingerprint density at radius 3 is 2.16 bits per heavy atom. The highest BCUT2D eigenvalue weighted by Gasteiger charge is 2.16. The van der Waals surface area contributed by atoms with Crippen molar-refractivity contribution in [3.63, 3.8) is 0 Å². The second kappa shape index (κ2) is 10.3. The molecule has 0 radical (unpaired) electrons. The maximum absolute atomic E-state index is 5.81. The first kappa shape index (κ1) is 20.4. The van der Waals surface area contributed by atoms with E-state index in [-0.39, 0.29) is 4.84 Å². The number of ether oxygens (including phenoxy) is 2. The zero-order valence-corrected chi connectivity index (χ0v) is 17.4. The second-order valence-electron chi connectivity index (χ2n) is 5.90. The van der Waals surface area contributed by atoms with Crippen molar-refractivity contribution in [3.05, 3.63) is 42.0 Å². The number of hydrogen-bond donors (Lipinski definition) is 0. The van der Waals surface area contributed by atoms with Gasteiger partial charge in [-0.2, -0.15) is 0 Å². The molecule has 2 rings (SSSR count). The second-order valence-corrected chi connectivity index (χ2v) is 7.80. The SMILES string of the molecule is COc1cccc(OC)c1-c1cccc(P)c1CCCCCC(Cl)Cl. The van der Waals surface area contributed by atoms with E-state index in [4.69, 9.17) is 32.7 Å². The molecule has 0 saturated carbocycles. The van der Waals surface area contributed by atoms with Crippen LogP contribution < -0.4 is 14.8 Å². The summed E-state index contributed by atoms with van der Waals surface area (Å²) in [4.78, 5) is -0.262. The molecule has 0 aromatic heterocycles. The molecule has 0 aliphatic carbocycles. The first-order valence-electron chi connectivity index (χ1n) is 8.45. The van der Waals surface area contributed by atoms with Gasteiger partial charge in [-0.05, 0) is 47.8 Å². The van der Waals surface area contributed by atoms with Crippen LogP contribution in [-0.4, -0.2) is 19.1 Å². The predicted molar refractivity (Wildman–Crippen MR) is 112 cm³/mol. The van der Waals surface area contributed by atoms with Crippen molar-refractivity contribution in [1.82, 2.24) is 0 Å².